The predicted octanol–water partition coefficient (Wildman–Crippen LogP) is 3.63. The fourth-order valence-electron chi connectivity index (χ4n) is 1.76. The molecular weight excluding hydrogens is 222 g/mol. The molecule has 0 saturated heterocycles. The van der Waals surface area contributed by atoms with Gasteiger partial charge in [-0.1, -0.05) is 24.6 Å². The molecule has 16 heavy (non-hydrogen) atoms. The van der Waals surface area contributed by atoms with Crippen LogP contribution in [0.4, 0.5) is 5.69 Å². The van der Waals surface area contributed by atoms with Crippen molar-refractivity contribution in [3.8, 4) is 0 Å². The lowest BCUT2D eigenvalue weighted by Gasteiger charge is -2.24. The molecule has 0 fully saturated rings. The first-order chi connectivity index (χ1) is 7.60. The van der Waals surface area contributed by atoms with Crippen molar-refractivity contribution >= 4 is 17.3 Å². The molecule has 1 N–H and O–H groups in total. The zero-order chi connectivity index (χ0) is 12.1. The van der Waals surface area contributed by atoms with Crippen LogP contribution in [0.3, 0.4) is 0 Å². The van der Waals surface area contributed by atoms with E-state index in [4.69, 9.17) is 11.6 Å². The normalized spacial score (nSPS) is 12.6. The maximum Gasteiger partial charge on any atom is 0.0762 e. The number of benzene rings is 1. The molecule has 0 aliphatic carbocycles. The maximum atomic E-state index is 9.47. The third kappa shape index (κ3) is 3.13. The van der Waals surface area contributed by atoms with Gasteiger partial charge in [-0.05, 0) is 38.0 Å². The molecule has 0 unspecified atom stereocenters. The molecule has 0 bridgehead atoms. The highest BCUT2D eigenvalue weighted by atomic mass is 35.5. The topological polar surface area (TPSA) is 23.5 Å². The van der Waals surface area contributed by atoms with Gasteiger partial charge in [0.05, 0.1) is 16.8 Å². The summed E-state index contributed by atoms with van der Waals surface area (Å²) in [6, 6.07) is 5.77. The Balaban J connectivity index is 2.96. The van der Waals surface area contributed by atoms with E-state index in [0.29, 0.717) is 5.02 Å². The molecule has 0 aliphatic heterocycles. The summed E-state index contributed by atoms with van der Waals surface area (Å²) in [6.45, 7) is 7.97. The van der Waals surface area contributed by atoms with Crippen LogP contribution in [-0.2, 0) is 0 Å². The van der Waals surface area contributed by atoms with Gasteiger partial charge < -0.3 is 10.0 Å². The molecule has 0 spiro atoms. The van der Waals surface area contributed by atoms with Crippen molar-refractivity contribution in [3.05, 3.63) is 28.8 Å². The van der Waals surface area contributed by atoms with Gasteiger partial charge in [0.1, 0.15) is 0 Å². The first kappa shape index (κ1) is 13.3. The van der Waals surface area contributed by atoms with E-state index in [1.165, 1.54) is 0 Å². The molecule has 0 aromatic heterocycles. The molecule has 0 heterocycles. The van der Waals surface area contributed by atoms with Gasteiger partial charge >= 0.3 is 0 Å². The molecule has 0 radical (unpaired) electrons. The minimum Gasteiger partial charge on any atom is -0.389 e. The fourth-order valence-corrected chi connectivity index (χ4v) is 2.07. The molecular formula is C13H20ClNO. The molecule has 0 amide bonds. The second-order valence-corrected chi connectivity index (χ2v) is 4.37. The van der Waals surface area contributed by atoms with Crippen LogP contribution in [-0.4, -0.2) is 18.2 Å². The third-order valence-corrected chi connectivity index (χ3v) is 2.97. The Hall–Kier alpha value is -0.730. The lowest BCUT2D eigenvalue weighted by molar-refractivity contribution is 0.199. The number of aliphatic hydroxyl groups excluding tert-OH is 1. The highest BCUT2D eigenvalue weighted by Gasteiger charge is 2.10. The van der Waals surface area contributed by atoms with Crippen molar-refractivity contribution in [3.63, 3.8) is 0 Å². The van der Waals surface area contributed by atoms with E-state index in [1.807, 2.05) is 18.2 Å². The molecule has 3 heteroatoms. The van der Waals surface area contributed by atoms with Gasteiger partial charge in [-0.2, -0.15) is 0 Å². The lowest BCUT2D eigenvalue weighted by atomic mass is 10.1. The summed E-state index contributed by atoms with van der Waals surface area (Å²) in [6.07, 6.45) is 0.635. The Kier molecular flexibility index (Phi) is 5.10. The SMILES string of the molecule is CCCN(CC)c1ccc([C@@H](C)O)cc1Cl. The Labute approximate surface area is 103 Å². The zero-order valence-corrected chi connectivity index (χ0v) is 11.0. The first-order valence-electron chi connectivity index (χ1n) is 5.82. The van der Waals surface area contributed by atoms with Crippen LogP contribution in [0.2, 0.25) is 5.02 Å². The first-order valence-corrected chi connectivity index (χ1v) is 6.20. The van der Waals surface area contributed by atoms with Gasteiger partial charge in [0.15, 0.2) is 0 Å². The summed E-state index contributed by atoms with van der Waals surface area (Å²) in [5.74, 6) is 0. The van der Waals surface area contributed by atoms with E-state index in [-0.39, 0.29) is 0 Å². The molecule has 1 rings (SSSR count). The molecule has 0 aliphatic rings. The predicted molar refractivity (Wildman–Crippen MR) is 70.3 cm³/mol. The maximum absolute atomic E-state index is 9.47. The average Bonchev–Trinajstić information content (AvgIpc) is 2.26. The summed E-state index contributed by atoms with van der Waals surface area (Å²) in [4.78, 5) is 2.24. The molecule has 0 saturated carbocycles. The molecule has 1 aromatic rings. The van der Waals surface area contributed by atoms with Crippen LogP contribution < -0.4 is 4.90 Å². The minimum absolute atomic E-state index is 0.465. The molecule has 1 aromatic carbocycles. The smallest absolute Gasteiger partial charge is 0.0762 e. The van der Waals surface area contributed by atoms with Gasteiger partial charge in [0.25, 0.3) is 0 Å². The number of halogens is 1. The summed E-state index contributed by atoms with van der Waals surface area (Å²) in [5.41, 5.74) is 1.91. The lowest BCUT2D eigenvalue weighted by Crippen LogP contribution is -2.23. The Morgan fingerprint density at radius 1 is 1.38 bits per heavy atom. The van der Waals surface area contributed by atoms with E-state index in [0.717, 1.165) is 30.8 Å². The van der Waals surface area contributed by atoms with Crippen molar-refractivity contribution in [2.75, 3.05) is 18.0 Å². The standard InChI is InChI=1S/C13H20ClNO/c1-4-8-15(5-2)13-7-6-11(10(3)16)9-12(13)14/h6-7,9-10,16H,4-5,8H2,1-3H3/t10-/m1/s1. The number of anilines is 1. The van der Waals surface area contributed by atoms with Crippen LogP contribution in [0.15, 0.2) is 18.2 Å². The van der Waals surface area contributed by atoms with Crippen LogP contribution >= 0.6 is 11.6 Å². The van der Waals surface area contributed by atoms with E-state index in [1.54, 1.807) is 6.92 Å². The Morgan fingerprint density at radius 2 is 2.06 bits per heavy atom. The van der Waals surface area contributed by atoms with Crippen LogP contribution in [0, 0.1) is 0 Å². The second-order valence-electron chi connectivity index (χ2n) is 3.97. The van der Waals surface area contributed by atoms with E-state index in [2.05, 4.69) is 18.7 Å². The number of nitrogens with zero attached hydrogens (tertiary/aromatic N) is 1. The van der Waals surface area contributed by atoms with Gasteiger partial charge in [-0.3, -0.25) is 0 Å². The minimum atomic E-state index is -0.465. The summed E-state index contributed by atoms with van der Waals surface area (Å²) in [5, 5.41) is 10.2. The molecule has 2 nitrogen and oxygen atoms in total. The Morgan fingerprint density at radius 3 is 2.50 bits per heavy atom. The highest BCUT2D eigenvalue weighted by Crippen LogP contribution is 2.29. The summed E-state index contributed by atoms with van der Waals surface area (Å²) in [7, 11) is 0. The quantitative estimate of drug-likeness (QED) is 0.851. The average molecular weight is 242 g/mol. The highest BCUT2D eigenvalue weighted by molar-refractivity contribution is 6.33. The van der Waals surface area contributed by atoms with Crippen LogP contribution in [0.25, 0.3) is 0 Å². The summed E-state index contributed by atoms with van der Waals surface area (Å²) < 4.78 is 0. The zero-order valence-electron chi connectivity index (χ0n) is 10.2. The van der Waals surface area contributed by atoms with Crippen molar-refractivity contribution in [2.24, 2.45) is 0 Å². The van der Waals surface area contributed by atoms with Gasteiger partial charge in [0.2, 0.25) is 0 Å². The number of rotatable bonds is 5. The fraction of sp³-hybridized carbons (Fsp3) is 0.538. The second kappa shape index (κ2) is 6.12. The van der Waals surface area contributed by atoms with E-state index >= 15 is 0 Å². The van der Waals surface area contributed by atoms with Crippen molar-refractivity contribution in [1.29, 1.82) is 0 Å². The summed E-state index contributed by atoms with van der Waals surface area (Å²) >= 11 is 6.23. The van der Waals surface area contributed by atoms with Crippen molar-refractivity contribution < 1.29 is 5.11 Å². The van der Waals surface area contributed by atoms with Crippen molar-refractivity contribution in [1.82, 2.24) is 0 Å². The largest absolute Gasteiger partial charge is 0.389 e. The van der Waals surface area contributed by atoms with Gasteiger partial charge in [-0.15, -0.1) is 0 Å². The number of hydrogen-bond acceptors (Lipinski definition) is 2. The molecule has 90 valence electrons. The Bertz CT molecular complexity index is 339. The molecule has 1 atom stereocenters. The third-order valence-electron chi connectivity index (χ3n) is 2.67. The van der Waals surface area contributed by atoms with Crippen LogP contribution in [0.5, 0.6) is 0 Å². The monoisotopic (exact) mass is 241 g/mol. The number of aliphatic hydroxyl groups is 1. The van der Waals surface area contributed by atoms with E-state index < -0.39 is 6.10 Å². The van der Waals surface area contributed by atoms with Gasteiger partial charge in [0, 0.05) is 13.1 Å². The van der Waals surface area contributed by atoms with Crippen molar-refractivity contribution in [2.45, 2.75) is 33.3 Å². The number of hydrogen-bond donors (Lipinski definition) is 1. The van der Waals surface area contributed by atoms with Crippen LogP contribution in [0.1, 0.15) is 38.9 Å². The van der Waals surface area contributed by atoms with E-state index in [9.17, 15) is 5.11 Å². The van der Waals surface area contributed by atoms with Gasteiger partial charge in [-0.25, -0.2) is 0 Å².